The molecule has 0 spiro atoms. The Morgan fingerprint density at radius 2 is 1.07 bits per heavy atom. The average molecular weight is 557 g/mol. The van der Waals surface area contributed by atoms with Crippen molar-refractivity contribution in [1.29, 1.82) is 0 Å². The zero-order chi connectivity index (χ0) is 27.3. The van der Waals surface area contributed by atoms with Crippen LogP contribution in [0.3, 0.4) is 0 Å². The van der Waals surface area contributed by atoms with Crippen LogP contribution >= 0.6 is 15.2 Å². The van der Waals surface area contributed by atoms with Crippen molar-refractivity contribution < 1.29 is 0 Å². The molecule has 1 aliphatic rings. The molecule has 5 aromatic carbocycles. The first-order valence-corrected chi connectivity index (χ1v) is 18.1. The van der Waals surface area contributed by atoms with E-state index in [1.165, 1.54) is 76.1 Å². The molecule has 0 aromatic heterocycles. The van der Waals surface area contributed by atoms with E-state index in [2.05, 4.69) is 141 Å². The standard InChI is InChI=1S/C38H38P2/c1-29-15-12-13-23-36(29)38-30(2)16-14-24-37(38)40(34-21-10-5-11-22-34)39(33-19-8-4-9-20-33)35-27-25-32(26-28-35)31-17-6-3-7-18-31/h3-4,6-9,12-20,23-28,34H,5,10-11,21-22H2,1-2H3/t39-,40+/m1/s1. The summed E-state index contributed by atoms with van der Waals surface area (Å²) in [5, 5.41) is 4.63. The highest BCUT2D eigenvalue weighted by Gasteiger charge is 2.35. The second-order valence-corrected chi connectivity index (χ2v) is 17.0. The number of rotatable bonds is 7. The highest BCUT2D eigenvalue weighted by molar-refractivity contribution is 8.39. The fourth-order valence-electron chi connectivity index (χ4n) is 6.23. The van der Waals surface area contributed by atoms with Gasteiger partial charge in [0, 0.05) is 0 Å². The predicted octanol–water partition coefficient (Wildman–Crippen LogP) is 10.1. The highest BCUT2D eigenvalue weighted by atomic mass is 32.1. The van der Waals surface area contributed by atoms with Gasteiger partial charge in [-0.1, -0.05) is 147 Å². The normalized spacial score (nSPS) is 15.4. The van der Waals surface area contributed by atoms with Crippen LogP contribution in [-0.4, -0.2) is 5.66 Å². The van der Waals surface area contributed by atoms with Crippen molar-refractivity contribution in [3.63, 3.8) is 0 Å². The Balaban J connectivity index is 1.55. The summed E-state index contributed by atoms with van der Waals surface area (Å²) in [6.07, 6.45) is 6.80. The third kappa shape index (κ3) is 5.72. The van der Waals surface area contributed by atoms with Gasteiger partial charge in [-0.3, -0.25) is 0 Å². The van der Waals surface area contributed by atoms with Gasteiger partial charge in [-0.2, -0.15) is 0 Å². The summed E-state index contributed by atoms with van der Waals surface area (Å²) in [5.41, 5.74) is 8.99. The Morgan fingerprint density at radius 3 is 1.77 bits per heavy atom. The summed E-state index contributed by atoms with van der Waals surface area (Å²) in [6, 6.07) is 48.0. The topological polar surface area (TPSA) is 0 Å². The van der Waals surface area contributed by atoms with Crippen molar-refractivity contribution in [2.24, 2.45) is 0 Å². The van der Waals surface area contributed by atoms with E-state index < -0.39 is 15.2 Å². The van der Waals surface area contributed by atoms with E-state index in [1.807, 2.05) is 0 Å². The Labute approximate surface area is 242 Å². The van der Waals surface area contributed by atoms with Crippen LogP contribution in [0.2, 0.25) is 0 Å². The molecule has 1 saturated carbocycles. The molecule has 0 saturated heterocycles. The zero-order valence-electron chi connectivity index (χ0n) is 23.6. The molecular formula is C38H38P2. The van der Waals surface area contributed by atoms with Crippen molar-refractivity contribution in [3.05, 3.63) is 139 Å². The molecule has 0 radical (unpaired) electrons. The van der Waals surface area contributed by atoms with E-state index in [9.17, 15) is 0 Å². The van der Waals surface area contributed by atoms with Gasteiger partial charge in [-0.15, -0.1) is 0 Å². The molecule has 0 bridgehead atoms. The summed E-state index contributed by atoms with van der Waals surface area (Å²) in [5.74, 6) is 0. The van der Waals surface area contributed by atoms with Crippen LogP contribution in [0.25, 0.3) is 22.3 Å². The van der Waals surface area contributed by atoms with Gasteiger partial charge in [0.25, 0.3) is 0 Å². The van der Waals surface area contributed by atoms with Crippen LogP contribution < -0.4 is 15.9 Å². The van der Waals surface area contributed by atoms with Gasteiger partial charge in [0.2, 0.25) is 0 Å². The molecule has 2 heteroatoms. The first-order chi connectivity index (χ1) is 19.7. The molecule has 0 unspecified atom stereocenters. The van der Waals surface area contributed by atoms with E-state index in [-0.39, 0.29) is 0 Å². The maximum atomic E-state index is 2.49. The third-order valence-electron chi connectivity index (χ3n) is 8.27. The fourth-order valence-corrected chi connectivity index (χ4v) is 15.6. The van der Waals surface area contributed by atoms with Gasteiger partial charge in [0.05, 0.1) is 0 Å². The van der Waals surface area contributed by atoms with Crippen LogP contribution in [0.1, 0.15) is 43.2 Å². The summed E-state index contributed by atoms with van der Waals surface area (Å²) in [6.45, 7) is 4.59. The fraction of sp³-hybridized carbons (Fsp3) is 0.211. The van der Waals surface area contributed by atoms with E-state index >= 15 is 0 Å². The molecule has 6 rings (SSSR count). The Hall–Kier alpha value is -3.04. The van der Waals surface area contributed by atoms with Crippen molar-refractivity contribution in [1.82, 2.24) is 0 Å². The molecule has 0 aliphatic heterocycles. The van der Waals surface area contributed by atoms with E-state index in [0.29, 0.717) is 0 Å². The van der Waals surface area contributed by atoms with Gasteiger partial charge >= 0.3 is 0 Å². The third-order valence-corrected chi connectivity index (χ3v) is 16.7. The number of benzene rings is 5. The molecule has 0 N–H and O–H groups in total. The Bertz CT molecular complexity index is 1530. The lowest BCUT2D eigenvalue weighted by molar-refractivity contribution is 0.514. The first kappa shape index (κ1) is 27.1. The van der Waals surface area contributed by atoms with E-state index in [4.69, 9.17) is 0 Å². The maximum absolute atomic E-state index is 2.49. The largest absolute Gasteiger partial charge is 0.0622 e. The molecule has 0 heterocycles. The molecule has 5 aromatic rings. The summed E-state index contributed by atoms with van der Waals surface area (Å²) < 4.78 is 0. The molecule has 0 amide bonds. The van der Waals surface area contributed by atoms with Crippen LogP contribution in [0.15, 0.2) is 127 Å². The average Bonchev–Trinajstić information content (AvgIpc) is 3.02. The lowest BCUT2D eigenvalue weighted by atomic mass is 9.97. The maximum Gasteiger partial charge on any atom is -0.00712 e. The number of hydrogen-bond donors (Lipinski definition) is 0. The van der Waals surface area contributed by atoms with Crippen LogP contribution in [-0.2, 0) is 0 Å². The van der Waals surface area contributed by atoms with Crippen molar-refractivity contribution >= 4 is 31.1 Å². The van der Waals surface area contributed by atoms with Crippen molar-refractivity contribution in [2.75, 3.05) is 0 Å². The highest BCUT2D eigenvalue weighted by Crippen LogP contribution is 2.72. The minimum Gasteiger partial charge on any atom is -0.0622 e. The molecule has 2 atom stereocenters. The Morgan fingerprint density at radius 1 is 0.500 bits per heavy atom. The van der Waals surface area contributed by atoms with Crippen LogP contribution in [0.4, 0.5) is 0 Å². The predicted molar refractivity (Wildman–Crippen MR) is 179 cm³/mol. The van der Waals surface area contributed by atoms with Crippen molar-refractivity contribution in [3.8, 4) is 22.3 Å². The van der Waals surface area contributed by atoms with Gasteiger partial charge in [-0.05, 0) is 96.9 Å². The van der Waals surface area contributed by atoms with Gasteiger partial charge in [0.15, 0.2) is 0 Å². The quantitative estimate of drug-likeness (QED) is 0.175. The zero-order valence-corrected chi connectivity index (χ0v) is 25.4. The molecule has 1 fully saturated rings. The van der Waals surface area contributed by atoms with Crippen LogP contribution in [0.5, 0.6) is 0 Å². The molecular weight excluding hydrogens is 518 g/mol. The summed E-state index contributed by atoms with van der Waals surface area (Å²) >= 11 is 0. The van der Waals surface area contributed by atoms with Gasteiger partial charge < -0.3 is 0 Å². The molecule has 40 heavy (non-hydrogen) atoms. The summed E-state index contributed by atoms with van der Waals surface area (Å²) in [4.78, 5) is 0. The monoisotopic (exact) mass is 556 g/mol. The Kier molecular flexibility index (Phi) is 8.58. The smallest absolute Gasteiger partial charge is 0.00712 e. The SMILES string of the molecule is Cc1ccccc1-c1c(C)cccc1[P@](C1CCCCC1)[P@](c1ccccc1)c1ccc(-c2ccccc2)cc1. The summed E-state index contributed by atoms with van der Waals surface area (Å²) in [7, 11) is -1.02. The second kappa shape index (κ2) is 12.6. The number of aryl methyl sites for hydroxylation is 2. The molecule has 1 aliphatic carbocycles. The number of hydrogen-bond acceptors (Lipinski definition) is 0. The lowest BCUT2D eigenvalue weighted by Crippen LogP contribution is -2.24. The van der Waals surface area contributed by atoms with Gasteiger partial charge in [-0.25, -0.2) is 0 Å². The molecule has 0 nitrogen and oxygen atoms in total. The van der Waals surface area contributed by atoms with E-state index in [1.54, 1.807) is 5.30 Å². The van der Waals surface area contributed by atoms with E-state index in [0.717, 1.165) is 5.66 Å². The first-order valence-electron chi connectivity index (χ1n) is 14.7. The van der Waals surface area contributed by atoms with Crippen LogP contribution in [0, 0.1) is 13.8 Å². The second-order valence-electron chi connectivity index (χ2n) is 11.0. The van der Waals surface area contributed by atoms with Gasteiger partial charge in [0.1, 0.15) is 0 Å². The minimum absolute atomic E-state index is 0.462. The minimum atomic E-state index is -0.559. The molecule has 200 valence electrons. The lowest BCUT2D eigenvalue weighted by Gasteiger charge is -2.39. The van der Waals surface area contributed by atoms with Crippen molar-refractivity contribution in [2.45, 2.75) is 51.6 Å².